The second-order valence-electron chi connectivity index (χ2n) is 11.3. The Labute approximate surface area is 258 Å². The van der Waals surface area contributed by atoms with E-state index >= 15 is 0 Å². The van der Waals surface area contributed by atoms with Gasteiger partial charge in [-0.3, -0.25) is 13.9 Å². The van der Waals surface area contributed by atoms with Gasteiger partial charge in [0.1, 0.15) is 61.0 Å². The lowest BCUT2D eigenvalue weighted by Crippen LogP contribution is -2.69. The standard InChI is InChI=1S/C23H45N5O12.H2O4S/c1-6(25)17-15(34)16(35)23(37-17)40-20-12(31)9(28-21(36)10(30)3-4-24)5-8(26)19(20)39-22-11(27)13(32)14(33)18(38-22)7(2)29;1-5(2,3)4/h6-20,22-23,29-35H,3-5,24-27H2,1-2H3,(H,28,36);(H2,1,2,3,4)/t6-,7-,8+,9-,10+,11-,12+,13-,14+,15+,16-,17-,18-,19-,20-,22-,23+;/m1./s1. The summed E-state index contributed by atoms with van der Waals surface area (Å²) in [4.78, 5) is 12.5. The van der Waals surface area contributed by atoms with Crippen molar-refractivity contribution in [3.63, 3.8) is 0 Å². The molecule has 2 heterocycles. The van der Waals surface area contributed by atoms with Crippen molar-refractivity contribution in [1.29, 1.82) is 0 Å². The lowest BCUT2D eigenvalue weighted by Gasteiger charge is -2.48. The lowest BCUT2D eigenvalue weighted by molar-refractivity contribution is -0.315. The summed E-state index contributed by atoms with van der Waals surface area (Å²) in [7, 11) is -4.67. The molecule has 3 rings (SSSR count). The quantitative estimate of drug-likeness (QED) is 0.0951. The molecule has 3 fully saturated rings. The van der Waals surface area contributed by atoms with Crippen molar-refractivity contribution in [1.82, 2.24) is 5.32 Å². The summed E-state index contributed by atoms with van der Waals surface area (Å²) < 4.78 is 54.7. The van der Waals surface area contributed by atoms with Crippen LogP contribution >= 0.6 is 0 Å². The Morgan fingerprint density at radius 2 is 1.40 bits per heavy atom. The molecule has 1 saturated carbocycles. The van der Waals surface area contributed by atoms with E-state index in [2.05, 4.69) is 5.32 Å². The molecule has 0 radical (unpaired) electrons. The number of carbonyl (C=O) groups excluding carboxylic acids is 1. The Balaban J connectivity index is 0.00000130. The molecule has 0 bridgehead atoms. The van der Waals surface area contributed by atoms with Crippen LogP contribution < -0.4 is 28.3 Å². The highest BCUT2D eigenvalue weighted by Crippen LogP contribution is 2.33. The van der Waals surface area contributed by atoms with Gasteiger partial charge in [0.2, 0.25) is 5.91 Å². The molecule has 0 unspecified atom stereocenters. The van der Waals surface area contributed by atoms with Crippen LogP contribution in [0, 0.1) is 0 Å². The highest BCUT2D eigenvalue weighted by molar-refractivity contribution is 7.79. The van der Waals surface area contributed by atoms with E-state index in [1.807, 2.05) is 0 Å². The fourth-order valence-corrected chi connectivity index (χ4v) is 5.24. The molecule has 0 aromatic rings. The van der Waals surface area contributed by atoms with E-state index < -0.39 is 120 Å². The number of rotatable bonds is 10. The Hall–Kier alpha value is -1.26. The second-order valence-corrected chi connectivity index (χ2v) is 12.2. The predicted molar refractivity (Wildman–Crippen MR) is 149 cm³/mol. The Kier molecular flexibility index (Phi) is 14.8. The van der Waals surface area contributed by atoms with Crippen LogP contribution in [0.1, 0.15) is 26.7 Å². The zero-order valence-corrected chi connectivity index (χ0v) is 25.4. The van der Waals surface area contributed by atoms with Crippen LogP contribution in [0.15, 0.2) is 0 Å². The lowest BCUT2D eigenvalue weighted by atomic mass is 9.83. The molecule has 0 aromatic carbocycles. The van der Waals surface area contributed by atoms with Gasteiger partial charge < -0.3 is 82.9 Å². The van der Waals surface area contributed by atoms with Crippen LogP contribution in [0.25, 0.3) is 0 Å². The highest BCUT2D eigenvalue weighted by atomic mass is 32.3. The third kappa shape index (κ3) is 10.6. The van der Waals surface area contributed by atoms with Gasteiger partial charge in [0.05, 0.1) is 18.2 Å². The minimum Gasteiger partial charge on any atom is -0.391 e. The van der Waals surface area contributed by atoms with Crippen molar-refractivity contribution in [2.24, 2.45) is 22.9 Å². The highest BCUT2D eigenvalue weighted by Gasteiger charge is 2.53. The largest absolute Gasteiger partial charge is 0.394 e. The number of amides is 1. The molecular formula is C23H47N5O16S. The van der Waals surface area contributed by atoms with Gasteiger partial charge in [0, 0.05) is 12.1 Å². The molecule has 45 heavy (non-hydrogen) atoms. The third-order valence-corrected chi connectivity index (χ3v) is 7.61. The van der Waals surface area contributed by atoms with Gasteiger partial charge in [-0.15, -0.1) is 0 Å². The molecule has 266 valence electrons. The molecule has 17 atom stereocenters. The number of ether oxygens (including phenoxy) is 4. The maximum atomic E-state index is 12.5. The first-order chi connectivity index (χ1) is 20.7. The van der Waals surface area contributed by atoms with Gasteiger partial charge in [-0.25, -0.2) is 0 Å². The number of nitrogens with two attached hydrogens (primary N) is 4. The monoisotopic (exact) mass is 681 g/mol. The Bertz CT molecular complexity index is 1040. The van der Waals surface area contributed by atoms with Crippen LogP contribution in [0.3, 0.4) is 0 Å². The number of nitrogens with one attached hydrogen (secondary N) is 1. The van der Waals surface area contributed by atoms with Crippen molar-refractivity contribution >= 4 is 16.3 Å². The molecule has 3 aliphatic rings. The number of aliphatic hydroxyl groups is 7. The summed E-state index contributed by atoms with van der Waals surface area (Å²) in [5.41, 5.74) is 23.7. The van der Waals surface area contributed by atoms with E-state index in [1.165, 1.54) is 6.92 Å². The van der Waals surface area contributed by atoms with Crippen LogP contribution in [0.4, 0.5) is 0 Å². The predicted octanol–water partition coefficient (Wildman–Crippen LogP) is -7.66. The van der Waals surface area contributed by atoms with E-state index in [-0.39, 0.29) is 19.4 Å². The smallest absolute Gasteiger partial charge is 0.391 e. The first-order valence-corrected chi connectivity index (χ1v) is 15.4. The molecule has 0 spiro atoms. The zero-order valence-electron chi connectivity index (χ0n) is 24.5. The molecule has 21 nitrogen and oxygen atoms in total. The maximum Gasteiger partial charge on any atom is 0.394 e. The summed E-state index contributed by atoms with van der Waals surface area (Å²) in [5.74, 6) is -0.807. The molecule has 1 aliphatic carbocycles. The normalized spacial score (nSPS) is 42.6. The van der Waals surface area contributed by atoms with Crippen molar-refractivity contribution in [2.75, 3.05) is 6.54 Å². The Morgan fingerprint density at radius 1 is 0.889 bits per heavy atom. The third-order valence-electron chi connectivity index (χ3n) is 7.61. The Morgan fingerprint density at radius 3 is 1.89 bits per heavy atom. The topological polar surface area (TPSA) is 386 Å². The average Bonchev–Trinajstić information content (AvgIpc) is 3.20. The van der Waals surface area contributed by atoms with E-state index in [0.717, 1.165) is 0 Å². The first kappa shape index (κ1) is 39.9. The van der Waals surface area contributed by atoms with E-state index in [4.69, 9.17) is 59.4 Å². The van der Waals surface area contributed by atoms with Gasteiger partial charge in [0.15, 0.2) is 12.6 Å². The van der Waals surface area contributed by atoms with Crippen molar-refractivity contribution in [2.45, 2.75) is 131 Å². The minimum absolute atomic E-state index is 0.0272. The molecule has 2 aliphatic heterocycles. The van der Waals surface area contributed by atoms with E-state index in [9.17, 15) is 40.5 Å². The van der Waals surface area contributed by atoms with Crippen LogP contribution in [-0.2, 0) is 34.1 Å². The number of carbonyl (C=O) groups is 1. The second kappa shape index (κ2) is 16.7. The van der Waals surface area contributed by atoms with E-state index in [1.54, 1.807) is 6.92 Å². The molecular weight excluding hydrogens is 634 g/mol. The summed E-state index contributed by atoms with van der Waals surface area (Å²) >= 11 is 0. The van der Waals surface area contributed by atoms with Gasteiger partial charge in [-0.05, 0) is 33.2 Å². The average molecular weight is 682 g/mol. The van der Waals surface area contributed by atoms with Crippen molar-refractivity contribution in [3.8, 4) is 0 Å². The zero-order chi connectivity index (χ0) is 34.5. The summed E-state index contributed by atoms with van der Waals surface area (Å²) in [5, 5.41) is 75.4. The van der Waals surface area contributed by atoms with Crippen LogP contribution in [0.5, 0.6) is 0 Å². The molecule has 2 saturated heterocycles. The van der Waals surface area contributed by atoms with Crippen molar-refractivity contribution in [3.05, 3.63) is 0 Å². The van der Waals surface area contributed by atoms with Crippen LogP contribution in [0.2, 0.25) is 0 Å². The summed E-state index contributed by atoms with van der Waals surface area (Å²) in [6.45, 7) is 2.93. The first-order valence-electron chi connectivity index (χ1n) is 14.0. The molecule has 18 N–H and O–H groups in total. The van der Waals surface area contributed by atoms with Gasteiger partial charge >= 0.3 is 10.4 Å². The maximum absolute atomic E-state index is 12.5. The molecule has 1 amide bonds. The number of hydrogen-bond acceptors (Lipinski definition) is 18. The number of aliphatic hydroxyl groups excluding tert-OH is 7. The number of hydrogen-bond donors (Lipinski definition) is 14. The van der Waals surface area contributed by atoms with Crippen molar-refractivity contribution < 1.29 is 77.0 Å². The fraction of sp³-hybridized carbons (Fsp3) is 0.957. The summed E-state index contributed by atoms with van der Waals surface area (Å²) in [6.07, 6.45) is -18.4. The van der Waals surface area contributed by atoms with Gasteiger partial charge in [-0.2, -0.15) is 8.42 Å². The fourth-order valence-electron chi connectivity index (χ4n) is 5.24. The summed E-state index contributed by atoms with van der Waals surface area (Å²) in [6, 6.07) is -4.07. The van der Waals surface area contributed by atoms with Gasteiger partial charge in [-0.1, -0.05) is 0 Å². The van der Waals surface area contributed by atoms with E-state index in [0.29, 0.717) is 0 Å². The SMILES string of the molecule is C[C@@H](N)[C@H]1O[C@@H](O[C@@H]2[C@@H](O)[C@H](NC(=O)[C@@H](O)CCN)C[C@H](N)[C@H]2O[C@H]2O[C@H]([C@@H](C)O)[C@@H](O)[C@H](O)[C@H]2N)[C@H](O)[C@@H]1O.O=S(=O)(O)O. The molecule has 22 heteroatoms. The van der Waals surface area contributed by atoms with Crippen LogP contribution in [-0.4, -0.2) is 170 Å². The molecule has 0 aromatic heterocycles. The minimum atomic E-state index is -4.67. The van der Waals surface area contributed by atoms with Gasteiger partial charge in [0.25, 0.3) is 0 Å².